The number of nitrogens with zero attached hydrogens (tertiary/aromatic N) is 5. The lowest BCUT2D eigenvalue weighted by molar-refractivity contribution is -0.150. The van der Waals surface area contributed by atoms with Gasteiger partial charge in [-0.25, -0.2) is 35.4 Å². The van der Waals surface area contributed by atoms with E-state index in [1.165, 1.54) is 18.6 Å². The van der Waals surface area contributed by atoms with E-state index >= 15 is 8.78 Å². The molecule has 73 heavy (non-hydrogen) atoms. The number of carboxylic acids is 1. The van der Waals surface area contributed by atoms with Crippen LogP contribution in [0.5, 0.6) is 0 Å². The maximum Gasteiger partial charge on any atom is 0.435 e. The van der Waals surface area contributed by atoms with Crippen molar-refractivity contribution >= 4 is 66.1 Å². The Morgan fingerprint density at radius 2 is 1.58 bits per heavy atom. The summed E-state index contributed by atoms with van der Waals surface area (Å²) in [6.07, 6.45) is -10.5. The third kappa shape index (κ3) is 11.5. The predicted molar refractivity (Wildman–Crippen MR) is 234 cm³/mol. The number of rotatable bonds is 14. The van der Waals surface area contributed by atoms with Crippen molar-refractivity contribution in [3.63, 3.8) is 0 Å². The monoisotopic (exact) mass is 1100 g/mol. The summed E-state index contributed by atoms with van der Waals surface area (Å²) in [6.45, 7) is -2.04. The fourth-order valence-corrected chi connectivity index (χ4v) is 9.66. The van der Waals surface area contributed by atoms with Gasteiger partial charge in [0.2, 0.25) is 15.9 Å². The number of pyridine rings is 1. The van der Waals surface area contributed by atoms with Crippen LogP contribution in [0.4, 0.5) is 43.9 Å². The van der Waals surface area contributed by atoms with Crippen LogP contribution in [-0.2, 0) is 76.4 Å². The lowest BCUT2D eigenvalue weighted by atomic mass is 9.93. The summed E-state index contributed by atoms with van der Waals surface area (Å²) in [5, 5.41) is 19.0. The highest BCUT2D eigenvalue weighted by atomic mass is 35.5. The quantitative estimate of drug-likeness (QED) is 0.0618. The molecule has 17 nitrogen and oxygen atoms in total. The van der Waals surface area contributed by atoms with Gasteiger partial charge in [0.1, 0.15) is 46.6 Å². The summed E-state index contributed by atoms with van der Waals surface area (Å²) in [5.74, 6) is -11.8. The molecule has 0 spiro atoms. The van der Waals surface area contributed by atoms with E-state index in [1.807, 2.05) is 0 Å². The van der Waals surface area contributed by atoms with E-state index in [2.05, 4.69) is 32.3 Å². The highest BCUT2D eigenvalue weighted by Gasteiger charge is 2.68. The Bertz CT molecular complexity index is 3420. The van der Waals surface area contributed by atoms with Crippen molar-refractivity contribution in [3.8, 4) is 23.0 Å². The number of sulfonamides is 1. The van der Waals surface area contributed by atoms with Gasteiger partial charge in [0.15, 0.2) is 15.5 Å². The molecule has 5 aromatic rings. The molecule has 30 heteroatoms. The van der Waals surface area contributed by atoms with Crippen LogP contribution in [0.15, 0.2) is 42.5 Å². The molecule has 0 aliphatic heterocycles. The summed E-state index contributed by atoms with van der Waals surface area (Å²) >= 11 is 6.53. The first-order chi connectivity index (χ1) is 33.6. The Morgan fingerprint density at radius 3 is 2.18 bits per heavy atom. The summed E-state index contributed by atoms with van der Waals surface area (Å²) < 4.78 is 198. The van der Waals surface area contributed by atoms with Crippen LogP contribution in [0.2, 0.25) is 5.02 Å². The summed E-state index contributed by atoms with van der Waals surface area (Å²) in [7, 11) is -8.90. The van der Waals surface area contributed by atoms with Crippen LogP contribution in [0, 0.1) is 29.4 Å². The summed E-state index contributed by atoms with van der Waals surface area (Å²) in [5.41, 5.74) is -6.71. The SMILES string of the molecule is CC(C)(C#Cc1ccc(-c2ccc(Cl)c3c(CS(=O)(=O)NC(=O)CNC(=O)C(=O)O)nn(CC(F)(F)F)c23)c([C@H](Cc2cc(F)cc(F)c2)NC(=O)Cn2nc(C(F)(F)F)c3c2C(F)(F)[C@@H]2C[C@H]32)n1)S(C)(=O)=O. The van der Waals surface area contributed by atoms with E-state index < -0.39 is 172 Å². The van der Waals surface area contributed by atoms with Crippen molar-refractivity contribution in [2.24, 2.45) is 5.92 Å². The van der Waals surface area contributed by atoms with Gasteiger partial charge >= 0.3 is 24.2 Å². The maximum absolute atomic E-state index is 15.6. The molecule has 2 aliphatic carbocycles. The Balaban J connectivity index is 1.42. The zero-order valence-corrected chi connectivity index (χ0v) is 39.8. The standard InChI is InChI=1S/C43H35ClF10N8O9S2/c1-40(2,72(3,68)69)9-8-22-4-5-23(24-6-7-27(44)33-29(58-62(35(24)33)18-41(47,48)49)17-73(70,71)60-30(63)15-55-38(65)39(66)67)34(56-22)28(12-19-10-20(45)13-21(46)11-19)57-31(64)16-61-37-32(36(59-61)43(52,53)54)25-14-26(25)42(37,50)51/h4-7,10-11,13,25-26,28H,12,14-18H2,1-3H3,(H,55,65)(H,57,64)(H,60,63)(H,66,67)/t25-,26+,28-/m0/s1. The molecule has 0 saturated heterocycles. The lowest BCUT2D eigenvalue weighted by Gasteiger charge is -2.23. The van der Waals surface area contributed by atoms with E-state index in [-0.39, 0.29) is 38.2 Å². The number of hydrogen-bond donors (Lipinski definition) is 4. The second-order valence-corrected chi connectivity index (χ2v) is 22.1. The zero-order chi connectivity index (χ0) is 54.1. The number of carbonyl (C=O) groups excluding carboxylic acids is 3. The molecular formula is C43H35ClF10N8O9S2. The van der Waals surface area contributed by atoms with Gasteiger partial charge in [-0.2, -0.15) is 45.3 Å². The Hall–Kier alpha value is -6.80. The summed E-state index contributed by atoms with van der Waals surface area (Å²) in [4.78, 5) is 53.2. The fourth-order valence-electron chi connectivity index (χ4n) is 8.11. The number of hydrogen-bond acceptors (Lipinski definition) is 11. The molecule has 3 aromatic heterocycles. The van der Waals surface area contributed by atoms with Gasteiger partial charge in [-0.1, -0.05) is 23.6 Å². The highest BCUT2D eigenvalue weighted by molar-refractivity contribution is 7.92. The lowest BCUT2D eigenvalue weighted by Crippen LogP contribution is -2.42. The third-order valence-electron chi connectivity index (χ3n) is 11.6. The average Bonchev–Trinajstić information content (AvgIpc) is 3.77. The van der Waals surface area contributed by atoms with E-state index in [9.17, 15) is 71.1 Å². The molecule has 7 rings (SSSR count). The Labute approximate surface area is 410 Å². The first kappa shape index (κ1) is 54.0. The first-order valence-corrected chi connectivity index (χ1v) is 24.8. The minimum Gasteiger partial charge on any atom is -0.474 e. The molecule has 1 fully saturated rings. The highest BCUT2D eigenvalue weighted by Crippen LogP contribution is 2.68. The molecule has 390 valence electrons. The molecular weight excluding hydrogens is 1060 g/mol. The number of nitrogens with one attached hydrogen (secondary N) is 3. The minimum atomic E-state index is -5.24. The smallest absolute Gasteiger partial charge is 0.435 e. The second-order valence-electron chi connectivity index (χ2n) is 17.4. The second kappa shape index (κ2) is 18.9. The zero-order valence-electron chi connectivity index (χ0n) is 37.4. The molecule has 0 radical (unpaired) electrons. The van der Waals surface area contributed by atoms with Crippen molar-refractivity contribution in [1.29, 1.82) is 0 Å². The van der Waals surface area contributed by atoms with Gasteiger partial charge in [0.05, 0.1) is 34.5 Å². The molecule has 3 heterocycles. The van der Waals surface area contributed by atoms with E-state index in [1.54, 1.807) is 5.32 Å². The molecule has 1 saturated carbocycles. The maximum atomic E-state index is 15.6. The number of amides is 3. The number of aromatic nitrogens is 5. The number of carbonyl (C=O) groups is 4. The van der Waals surface area contributed by atoms with Gasteiger partial charge in [0.25, 0.3) is 11.8 Å². The average molecular weight is 1100 g/mol. The van der Waals surface area contributed by atoms with Crippen molar-refractivity contribution in [3.05, 3.63) is 98.7 Å². The van der Waals surface area contributed by atoms with E-state index in [4.69, 9.17) is 16.7 Å². The summed E-state index contributed by atoms with van der Waals surface area (Å²) in [6, 6.07) is 4.62. The normalized spacial score (nSPS) is 16.7. The number of alkyl halides is 8. The largest absolute Gasteiger partial charge is 0.474 e. The van der Waals surface area contributed by atoms with Crippen molar-refractivity contribution in [1.82, 2.24) is 39.9 Å². The van der Waals surface area contributed by atoms with Crippen LogP contribution in [0.3, 0.4) is 0 Å². The molecule has 3 atom stereocenters. The van der Waals surface area contributed by atoms with Crippen LogP contribution < -0.4 is 15.4 Å². The first-order valence-electron chi connectivity index (χ1n) is 20.9. The van der Waals surface area contributed by atoms with E-state index in [0.29, 0.717) is 6.07 Å². The number of benzene rings is 2. The van der Waals surface area contributed by atoms with Crippen molar-refractivity contribution < 1.29 is 85.0 Å². The van der Waals surface area contributed by atoms with Crippen LogP contribution in [0.25, 0.3) is 22.0 Å². The van der Waals surface area contributed by atoms with Crippen LogP contribution in [0.1, 0.15) is 71.8 Å². The van der Waals surface area contributed by atoms with Crippen LogP contribution >= 0.6 is 11.6 Å². The molecule has 0 unspecified atom stereocenters. The molecule has 2 aromatic carbocycles. The van der Waals surface area contributed by atoms with Gasteiger partial charge in [0, 0.05) is 40.3 Å². The minimum absolute atomic E-state index is 0.171. The molecule has 4 N–H and O–H groups in total. The number of sulfone groups is 1. The van der Waals surface area contributed by atoms with Gasteiger partial charge < -0.3 is 15.7 Å². The Kier molecular flexibility index (Phi) is 14.0. The van der Waals surface area contributed by atoms with E-state index in [0.717, 1.165) is 42.7 Å². The van der Waals surface area contributed by atoms with Crippen molar-refractivity contribution in [2.45, 2.75) is 80.5 Å². The fraction of sp³-hybridized carbons (Fsp3) is 0.372. The predicted octanol–water partition coefficient (Wildman–Crippen LogP) is 5.44. The van der Waals surface area contributed by atoms with Gasteiger partial charge in [-0.05, 0) is 74.4 Å². The number of fused-ring (bicyclic) bond motifs is 4. The van der Waals surface area contributed by atoms with Gasteiger partial charge in [-0.15, -0.1) is 0 Å². The third-order valence-corrected chi connectivity index (χ3v) is 15.1. The number of carboxylic acid groups (broad SMARTS) is 1. The van der Waals surface area contributed by atoms with Crippen LogP contribution in [-0.4, -0.2) is 93.9 Å². The molecule has 3 amide bonds. The molecule has 2 aliphatic rings. The number of halogens is 11. The van der Waals surface area contributed by atoms with Gasteiger partial charge in [-0.3, -0.25) is 28.5 Å². The Morgan fingerprint density at radius 1 is 0.932 bits per heavy atom. The van der Waals surface area contributed by atoms with Crippen molar-refractivity contribution in [2.75, 3.05) is 12.8 Å². The topological polar surface area (TPSA) is 241 Å². The number of aliphatic carboxylic acids is 1. The molecule has 0 bridgehead atoms.